The molecule has 0 saturated heterocycles. The Balaban J connectivity index is 1.46. The van der Waals surface area contributed by atoms with Gasteiger partial charge in [-0.25, -0.2) is 4.98 Å². The van der Waals surface area contributed by atoms with Gasteiger partial charge in [-0.3, -0.25) is 4.79 Å². The van der Waals surface area contributed by atoms with Crippen LogP contribution in [0, 0.1) is 5.92 Å². The molecule has 170 valence electrons. The highest BCUT2D eigenvalue weighted by Gasteiger charge is 2.12. The number of benzene rings is 3. The molecule has 5 nitrogen and oxygen atoms in total. The fraction of sp³-hybridized carbons (Fsp3) is 0.286. The molecule has 1 amide bonds. The number of nitrogens with zero attached hydrogens (tertiary/aromatic N) is 1. The number of hydrogen-bond donors (Lipinski definition) is 1. The number of carbonyl (C=O) groups excluding carboxylic acids is 1. The maximum absolute atomic E-state index is 12.7. The molecule has 0 aliphatic heterocycles. The number of anilines is 1. The van der Waals surface area contributed by atoms with E-state index in [1.54, 1.807) is 12.1 Å². The lowest BCUT2D eigenvalue weighted by Crippen LogP contribution is -2.12. The van der Waals surface area contributed by atoms with Crippen LogP contribution in [0.25, 0.3) is 22.6 Å². The Morgan fingerprint density at radius 1 is 1.03 bits per heavy atom. The molecule has 1 heterocycles. The van der Waals surface area contributed by atoms with Crippen molar-refractivity contribution in [3.05, 3.63) is 77.9 Å². The van der Waals surface area contributed by atoms with Crippen LogP contribution in [0.1, 0.15) is 56.0 Å². The molecule has 1 atom stereocenters. The van der Waals surface area contributed by atoms with Crippen molar-refractivity contribution < 1.29 is 13.9 Å². The van der Waals surface area contributed by atoms with Gasteiger partial charge in [0.2, 0.25) is 5.89 Å². The molecular weight excluding hydrogens is 412 g/mol. The van der Waals surface area contributed by atoms with Crippen molar-refractivity contribution in [2.75, 3.05) is 11.9 Å². The molecule has 0 aliphatic rings. The maximum atomic E-state index is 12.7. The number of aromatic nitrogens is 1. The van der Waals surface area contributed by atoms with Crippen molar-refractivity contribution in [1.29, 1.82) is 0 Å². The lowest BCUT2D eigenvalue weighted by molar-refractivity contribution is 0.102. The van der Waals surface area contributed by atoms with E-state index in [9.17, 15) is 4.79 Å². The van der Waals surface area contributed by atoms with Crippen molar-refractivity contribution in [1.82, 2.24) is 4.98 Å². The van der Waals surface area contributed by atoms with Gasteiger partial charge in [0.05, 0.1) is 6.61 Å². The SMILES string of the molecule is CC[C@H](C)c1ccc2oc(-c3ccc(NC(=O)c4cccc(OCC(C)C)c4)cc3)nc2c1. The minimum absolute atomic E-state index is 0.183. The Labute approximate surface area is 194 Å². The number of amides is 1. The van der Waals surface area contributed by atoms with Crippen molar-refractivity contribution in [2.24, 2.45) is 5.92 Å². The summed E-state index contributed by atoms with van der Waals surface area (Å²) >= 11 is 0. The van der Waals surface area contributed by atoms with E-state index in [0.29, 0.717) is 41.3 Å². The first kappa shape index (κ1) is 22.6. The van der Waals surface area contributed by atoms with Gasteiger partial charge in [-0.2, -0.15) is 0 Å². The molecule has 0 fully saturated rings. The largest absolute Gasteiger partial charge is 0.493 e. The first-order valence-corrected chi connectivity index (χ1v) is 11.5. The first-order valence-electron chi connectivity index (χ1n) is 11.5. The summed E-state index contributed by atoms with van der Waals surface area (Å²) in [4.78, 5) is 17.4. The molecule has 0 saturated carbocycles. The van der Waals surface area contributed by atoms with Gasteiger partial charge >= 0.3 is 0 Å². The quantitative estimate of drug-likeness (QED) is 0.311. The van der Waals surface area contributed by atoms with Crippen LogP contribution in [0.15, 0.2) is 71.1 Å². The van der Waals surface area contributed by atoms with Crippen LogP contribution in [0.2, 0.25) is 0 Å². The molecule has 4 rings (SSSR count). The monoisotopic (exact) mass is 442 g/mol. The van der Waals surface area contributed by atoms with Gasteiger partial charge in [-0.05, 0) is 78.4 Å². The molecule has 1 N–H and O–H groups in total. The number of hydrogen-bond acceptors (Lipinski definition) is 4. The number of rotatable bonds is 8. The molecule has 4 aromatic rings. The number of fused-ring (bicyclic) bond motifs is 1. The van der Waals surface area contributed by atoms with Crippen LogP contribution < -0.4 is 10.1 Å². The Kier molecular flexibility index (Phi) is 6.78. The van der Waals surface area contributed by atoms with Crippen LogP contribution in [0.4, 0.5) is 5.69 Å². The Hall–Kier alpha value is -3.60. The second kappa shape index (κ2) is 9.90. The number of carbonyl (C=O) groups is 1. The van der Waals surface area contributed by atoms with Crippen LogP contribution >= 0.6 is 0 Å². The normalized spacial score (nSPS) is 12.2. The number of ether oxygens (including phenoxy) is 1. The zero-order valence-electron chi connectivity index (χ0n) is 19.6. The van der Waals surface area contributed by atoms with E-state index in [-0.39, 0.29) is 5.91 Å². The third kappa shape index (κ3) is 5.43. The van der Waals surface area contributed by atoms with E-state index in [4.69, 9.17) is 9.15 Å². The average molecular weight is 443 g/mol. The van der Waals surface area contributed by atoms with Crippen molar-refractivity contribution in [3.8, 4) is 17.2 Å². The number of nitrogens with one attached hydrogen (secondary N) is 1. The predicted molar refractivity (Wildman–Crippen MR) is 133 cm³/mol. The molecule has 33 heavy (non-hydrogen) atoms. The first-order chi connectivity index (χ1) is 15.9. The average Bonchev–Trinajstić information content (AvgIpc) is 3.26. The predicted octanol–water partition coefficient (Wildman–Crippen LogP) is 7.30. The van der Waals surface area contributed by atoms with E-state index in [0.717, 1.165) is 23.1 Å². The number of oxazole rings is 1. The topological polar surface area (TPSA) is 64.4 Å². The maximum Gasteiger partial charge on any atom is 0.255 e. The van der Waals surface area contributed by atoms with Crippen LogP contribution in [-0.4, -0.2) is 17.5 Å². The summed E-state index contributed by atoms with van der Waals surface area (Å²) in [5, 5.41) is 2.94. The summed E-state index contributed by atoms with van der Waals surface area (Å²) in [6.07, 6.45) is 1.08. The zero-order chi connectivity index (χ0) is 23.4. The Bertz CT molecular complexity index is 1240. The summed E-state index contributed by atoms with van der Waals surface area (Å²) in [6.45, 7) is 9.18. The van der Waals surface area contributed by atoms with Gasteiger partial charge in [-0.15, -0.1) is 0 Å². The third-order valence-electron chi connectivity index (χ3n) is 5.66. The minimum Gasteiger partial charge on any atom is -0.493 e. The van der Waals surface area contributed by atoms with Crippen molar-refractivity contribution in [3.63, 3.8) is 0 Å². The molecule has 1 aromatic heterocycles. The van der Waals surface area contributed by atoms with E-state index >= 15 is 0 Å². The fourth-order valence-corrected chi connectivity index (χ4v) is 3.50. The highest BCUT2D eigenvalue weighted by Crippen LogP contribution is 2.28. The van der Waals surface area contributed by atoms with Crippen LogP contribution in [0.3, 0.4) is 0 Å². The van der Waals surface area contributed by atoms with Gasteiger partial charge in [0.15, 0.2) is 5.58 Å². The summed E-state index contributed by atoms with van der Waals surface area (Å²) in [7, 11) is 0. The standard InChI is InChI=1S/C28H30N2O3/c1-5-19(4)21-11-14-26-25(16-21)30-28(33-26)20-9-12-23(13-10-20)29-27(31)22-7-6-8-24(15-22)32-17-18(2)3/h6-16,18-19H,5,17H2,1-4H3,(H,29,31)/t19-/m0/s1. The van der Waals surface area contributed by atoms with Gasteiger partial charge in [0.1, 0.15) is 11.3 Å². The zero-order valence-corrected chi connectivity index (χ0v) is 19.6. The molecule has 5 heteroatoms. The minimum atomic E-state index is -0.183. The molecular formula is C28H30N2O3. The third-order valence-corrected chi connectivity index (χ3v) is 5.66. The van der Waals surface area contributed by atoms with Crippen LogP contribution in [0.5, 0.6) is 5.75 Å². The Morgan fingerprint density at radius 2 is 1.82 bits per heavy atom. The smallest absolute Gasteiger partial charge is 0.255 e. The van der Waals surface area contributed by atoms with Gasteiger partial charge in [0, 0.05) is 16.8 Å². The summed E-state index contributed by atoms with van der Waals surface area (Å²) in [6, 6.07) is 20.9. The van der Waals surface area contributed by atoms with E-state index in [1.165, 1.54) is 5.56 Å². The molecule has 0 aliphatic carbocycles. The fourth-order valence-electron chi connectivity index (χ4n) is 3.50. The van der Waals surface area contributed by atoms with E-state index < -0.39 is 0 Å². The van der Waals surface area contributed by atoms with Crippen molar-refractivity contribution >= 4 is 22.7 Å². The second-order valence-corrected chi connectivity index (χ2v) is 8.82. The van der Waals surface area contributed by atoms with E-state index in [2.05, 4.69) is 50.1 Å². The summed E-state index contributed by atoms with van der Waals surface area (Å²) in [5.41, 5.74) is 5.01. The van der Waals surface area contributed by atoms with Gasteiger partial charge < -0.3 is 14.5 Å². The summed E-state index contributed by atoms with van der Waals surface area (Å²) in [5.74, 6) is 1.99. The molecule has 0 unspecified atom stereocenters. The molecule has 0 spiro atoms. The highest BCUT2D eigenvalue weighted by atomic mass is 16.5. The second-order valence-electron chi connectivity index (χ2n) is 8.82. The van der Waals surface area contributed by atoms with Crippen molar-refractivity contribution in [2.45, 2.75) is 40.0 Å². The van der Waals surface area contributed by atoms with Gasteiger partial charge in [-0.1, -0.05) is 39.8 Å². The van der Waals surface area contributed by atoms with Gasteiger partial charge in [0.25, 0.3) is 5.91 Å². The van der Waals surface area contributed by atoms with E-state index in [1.807, 2.05) is 42.5 Å². The Morgan fingerprint density at radius 3 is 2.55 bits per heavy atom. The molecule has 3 aromatic carbocycles. The summed E-state index contributed by atoms with van der Waals surface area (Å²) < 4.78 is 11.7. The molecule has 0 bridgehead atoms. The lowest BCUT2D eigenvalue weighted by atomic mass is 9.98. The highest BCUT2D eigenvalue weighted by molar-refractivity contribution is 6.04. The lowest BCUT2D eigenvalue weighted by Gasteiger charge is -2.10. The van der Waals surface area contributed by atoms with Crippen LogP contribution in [-0.2, 0) is 0 Å². The molecule has 0 radical (unpaired) electrons.